The molecule has 0 fully saturated rings. The van der Waals surface area contributed by atoms with E-state index in [2.05, 4.69) is 30.8 Å². The molecule has 3 aromatic rings. The predicted octanol–water partition coefficient (Wildman–Crippen LogP) is 3.02. The summed E-state index contributed by atoms with van der Waals surface area (Å²) in [5.74, 6) is -1.25. The maximum atomic E-state index is 12.7. The van der Waals surface area contributed by atoms with E-state index < -0.39 is 26.0 Å². The van der Waals surface area contributed by atoms with Crippen LogP contribution in [-0.4, -0.2) is 42.0 Å². The summed E-state index contributed by atoms with van der Waals surface area (Å²) in [7, 11) is 0. The maximum absolute atomic E-state index is 12.7. The van der Waals surface area contributed by atoms with E-state index in [0.29, 0.717) is 17.3 Å². The van der Waals surface area contributed by atoms with Crippen molar-refractivity contribution in [1.29, 1.82) is 0 Å². The van der Waals surface area contributed by atoms with Crippen LogP contribution in [0.5, 0.6) is 0 Å². The Morgan fingerprint density at radius 3 is 2.62 bits per heavy atom. The molecule has 1 heterocycles. The summed E-state index contributed by atoms with van der Waals surface area (Å²) in [5, 5.41) is 20.4. The van der Waals surface area contributed by atoms with E-state index in [1.807, 2.05) is 24.3 Å². The Bertz CT molecular complexity index is 1090. The van der Waals surface area contributed by atoms with Gasteiger partial charge in [0, 0.05) is 0 Å². The number of aliphatic hydroxyl groups is 1. The molecule has 0 spiro atoms. The van der Waals surface area contributed by atoms with Gasteiger partial charge in [0.2, 0.25) is 0 Å². The molecule has 1 atom stereocenters. The number of aromatic nitrogens is 1. The fourth-order valence-corrected chi connectivity index (χ4v) is 7.69. The molecule has 1 aromatic heterocycles. The van der Waals surface area contributed by atoms with E-state index in [1.54, 1.807) is 4.57 Å². The van der Waals surface area contributed by atoms with Gasteiger partial charge in [0.1, 0.15) is 0 Å². The Morgan fingerprint density at radius 2 is 1.93 bits per heavy atom. The number of carboxylic acid groups (broad SMARTS) is 1. The molecule has 1 unspecified atom stereocenters. The zero-order chi connectivity index (χ0) is 21.0. The van der Waals surface area contributed by atoms with Gasteiger partial charge in [0.25, 0.3) is 0 Å². The van der Waals surface area contributed by atoms with Crippen molar-refractivity contribution in [3.05, 3.63) is 75.6 Å². The van der Waals surface area contributed by atoms with Crippen LogP contribution in [0.3, 0.4) is 0 Å². The van der Waals surface area contributed by atoms with Crippen LogP contribution in [0.1, 0.15) is 34.8 Å². The first-order valence-corrected chi connectivity index (χ1v) is 13.9. The molecule has 0 bridgehead atoms. The minimum absolute atomic E-state index is 0.133. The van der Waals surface area contributed by atoms with Crippen molar-refractivity contribution >= 4 is 35.9 Å². The van der Waals surface area contributed by atoms with Crippen LogP contribution in [0, 0.1) is 0 Å². The molecule has 2 N–H and O–H groups in total. The molecule has 0 aliphatic rings. The zero-order valence-electron chi connectivity index (χ0n) is 16.8. The third-order valence-corrected chi connectivity index (χ3v) is 10.1. The first-order chi connectivity index (χ1) is 14.0. The molecule has 152 valence electrons. The molecular formula is C23H26AsNO4. The molecule has 2 aromatic carbocycles. The van der Waals surface area contributed by atoms with E-state index in [0.717, 1.165) is 5.56 Å². The first kappa shape index (κ1) is 21.3. The number of carboxylic acids is 1. The van der Waals surface area contributed by atoms with Gasteiger partial charge >= 0.3 is 175 Å². The fraction of sp³-hybridized carbons (Fsp3) is 0.304. The molecule has 5 nitrogen and oxygen atoms in total. The van der Waals surface area contributed by atoms with Crippen LogP contribution in [0.2, 0.25) is 10.9 Å². The van der Waals surface area contributed by atoms with Crippen molar-refractivity contribution in [2.75, 3.05) is 6.61 Å². The van der Waals surface area contributed by atoms with Gasteiger partial charge in [-0.2, -0.15) is 0 Å². The van der Waals surface area contributed by atoms with E-state index in [9.17, 15) is 19.8 Å². The van der Waals surface area contributed by atoms with Gasteiger partial charge in [-0.1, -0.05) is 0 Å². The van der Waals surface area contributed by atoms with Crippen LogP contribution in [0.25, 0.3) is 10.9 Å². The molecule has 0 saturated heterocycles. The third-order valence-electron chi connectivity index (χ3n) is 5.07. The van der Waals surface area contributed by atoms with Gasteiger partial charge in [-0.05, 0) is 0 Å². The van der Waals surface area contributed by atoms with Crippen LogP contribution in [0.4, 0.5) is 0 Å². The second-order valence-corrected chi connectivity index (χ2v) is 12.1. The van der Waals surface area contributed by atoms with E-state index in [4.69, 9.17) is 0 Å². The Morgan fingerprint density at radius 1 is 1.17 bits per heavy atom. The fourth-order valence-electron chi connectivity index (χ4n) is 3.71. The minimum atomic E-state index is -1.25. The number of aromatic carboxylic acids is 1. The molecule has 0 saturated carbocycles. The van der Waals surface area contributed by atoms with E-state index >= 15 is 0 Å². The molecular weight excluding hydrogens is 429 g/mol. The predicted molar refractivity (Wildman–Crippen MR) is 118 cm³/mol. The van der Waals surface area contributed by atoms with Crippen molar-refractivity contribution in [1.82, 2.24) is 4.57 Å². The van der Waals surface area contributed by atoms with Gasteiger partial charge in [0.05, 0.1) is 0 Å². The number of aliphatic hydroxyl groups excluding tert-OH is 1. The number of pyridine rings is 1. The van der Waals surface area contributed by atoms with Gasteiger partial charge < -0.3 is 0 Å². The summed E-state index contributed by atoms with van der Waals surface area (Å²) in [5.41, 5.74) is 4.54. The summed E-state index contributed by atoms with van der Waals surface area (Å²) in [4.78, 5) is 24.2. The van der Waals surface area contributed by atoms with Crippen LogP contribution >= 0.6 is 0 Å². The number of rotatable bonds is 8. The average molecular weight is 455 g/mol. The van der Waals surface area contributed by atoms with Crippen molar-refractivity contribution in [2.24, 2.45) is 0 Å². The number of benzene rings is 2. The Hall–Kier alpha value is -2.36. The summed E-state index contributed by atoms with van der Waals surface area (Å²) >= 11 is -1.08. The molecule has 0 aliphatic heterocycles. The summed E-state index contributed by atoms with van der Waals surface area (Å²) < 4.78 is 3.09. The quantitative estimate of drug-likeness (QED) is 0.512. The zero-order valence-corrected chi connectivity index (χ0v) is 18.6. The Labute approximate surface area is 174 Å². The van der Waals surface area contributed by atoms with E-state index in [-0.39, 0.29) is 18.7 Å². The van der Waals surface area contributed by atoms with Gasteiger partial charge in [-0.15, -0.1) is 0 Å². The van der Waals surface area contributed by atoms with Crippen molar-refractivity contribution < 1.29 is 15.0 Å². The van der Waals surface area contributed by atoms with Crippen molar-refractivity contribution in [3.8, 4) is 0 Å². The normalized spacial score (nSPS) is 12.2. The molecule has 3 rings (SSSR count). The number of fused-ring (bicyclic) bond motifs is 1. The van der Waals surface area contributed by atoms with Gasteiger partial charge in [-0.3, -0.25) is 0 Å². The summed E-state index contributed by atoms with van der Waals surface area (Å²) in [6.07, 6.45) is 3.21. The van der Waals surface area contributed by atoms with E-state index in [1.165, 1.54) is 27.7 Å². The Kier molecular flexibility index (Phi) is 6.94. The van der Waals surface area contributed by atoms with Crippen LogP contribution < -0.4 is 9.78 Å². The van der Waals surface area contributed by atoms with Crippen molar-refractivity contribution in [2.45, 2.75) is 37.2 Å². The van der Waals surface area contributed by atoms with Gasteiger partial charge in [-0.25, -0.2) is 0 Å². The molecule has 0 amide bonds. The van der Waals surface area contributed by atoms with Crippen LogP contribution in [-0.2, 0) is 13.0 Å². The summed E-state index contributed by atoms with van der Waals surface area (Å²) in [6.45, 7) is 2.32. The molecule has 29 heavy (non-hydrogen) atoms. The van der Waals surface area contributed by atoms with Crippen LogP contribution in [0.15, 0.2) is 53.5 Å². The topological polar surface area (TPSA) is 79.5 Å². The average Bonchev–Trinajstić information content (AvgIpc) is 2.70. The number of hydrogen-bond donors (Lipinski definition) is 2. The number of nitrogens with zero attached hydrogens (tertiary/aromatic N) is 1. The van der Waals surface area contributed by atoms with Gasteiger partial charge in [0.15, 0.2) is 0 Å². The monoisotopic (exact) mass is 455 g/mol. The number of hydrogen-bond acceptors (Lipinski definition) is 3. The van der Waals surface area contributed by atoms with Crippen molar-refractivity contribution in [3.63, 3.8) is 0 Å². The Balaban J connectivity index is 2.08. The standard InChI is InChI=1S/C23H26AsNO4/c1-3-10-24(2)20-7-5-4-6-17(20)13-16-8-9-21-18(14-16)22(27)19(23(28)29)15-25(21)11-12-26/h4-9,14-15,26H,3,10-13H2,1-2H3,(H,28,29). The number of carbonyl (C=O) groups is 1. The molecule has 0 radical (unpaired) electrons. The molecule has 0 aliphatic carbocycles. The first-order valence-electron chi connectivity index (χ1n) is 9.75. The SMILES string of the molecule is CCC[As](C)c1ccccc1Cc1ccc2c(c1)c(=O)c(C(=O)O)cn2CCO. The third kappa shape index (κ3) is 4.63. The summed E-state index contributed by atoms with van der Waals surface area (Å²) in [6, 6.07) is 14.2. The second-order valence-electron chi connectivity index (χ2n) is 7.17. The second kappa shape index (κ2) is 9.42. The molecule has 6 heteroatoms.